The summed E-state index contributed by atoms with van der Waals surface area (Å²) in [7, 11) is 1.51. The van der Waals surface area contributed by atoms with Gasteiger partial charge in [-0.25, -0.2) is 0 Å². The van der Waals surface area contributed by atoms with Gasteiger partial charge in [0.05, 0.1) is 18.8 Å². The molecule has 1 aliphatic heterocycles. The Morgan fingerprint density at radius 2 is 2.13 bits per heavy atom. The molecule has 5 unspecified atom stereocenters. The van der Waals surface area contributed by atoms with Crippen LogP contribution in [0, 0.1) is 0 Å². The van der Waals surface area contributed by atoms with Crippen molar-refractivity contribution in [2.75, 3.05) is 20.3 Å². The highest BCUT2D eigenvalue weighted by atomic mass is 16.6. The van der Waals surface area contributed by atoms with Crippen LogP contribution in [0.4, 0.5) is 0 Å². The summed E-state index contributed by atoms with van der Waals surface area (Å²) in [6.45, 7) is 4.47. The zero-order valence-corrected chi connectivity index (χ0v) is 9.51. The first-order valence-corrected chi connectivity index (χ1v) is 5.36. The van der Waals surface area contributed by atoms with Crippen LogP contribution in [0.5, 0.6) is 0 Å². The van der Waals surface area contributed by atoms with Gasteiger partial charge in [-0.1, -0.05) is 6.92 Å². The summed E-state index contributed by atoms with van der Waals surface area (Å²) in [5.41, 5.74) is 0. The summed E-state index contributed by atoms with van der Waals surface area (Å²) in [5, 5.41) is 22.3. The molecular weight excluding hydrogens is 198 g/mol. The van der Waals surface area contributed by atoms with E-state index in [9.17, 15) is 5.11 Å². The van der Waals surface area contributed by atoms with E-state index in [-0.39, 0.29) is 18.8 Å². The number of nitrogens with one attached hydrogen (secondary N) is 1. The van der Waals surface area contributed by atoms with E-state index in [4.69, 9.17) is 14.6 Å². The van der Waals surface area contributed by atoms with Crippen LogP contribution in [0.25, 0.3) is 0 Å². The molecule has 1 rings (SSSR count). The van der Waals surface area contributed by atoms with Crippen molar-refractivity contribution in [1.82, 2.24) is 5.32 Å². The molecule has 1 fully saturated rings. The quantitative estimate of drug-likeness (QED) is 0.573. The topological polar surface area (TPSA) is 71.0 Å². The Hall–Kier alpha value is -0.200. The van der Waals surface area contributed by atoms with Crippen LogP contribution in [-0.4, -0.2) is 60.9 Å². The van der Waals surface area contributed by atoms with E-state index in [1.165, 1.54) is 7.11 Å². The summed E-state index contributed by atoms with van der Waals surface area (Å²) in [6.07, 6.45) is -1.72. The molecule has 5 atom stereocenters. The lowest BCUT2D eigenvalue weighted by molar-refractivity contribution is -0.198. The van der Waals surface area contributed by atoms with Crippen LogP contribution in [0.2, 0.25) is 0 Å². The Balaban J connectivity index is 2.70. The third-order valence-electron chi connectivity index (χ3n) is 2.86. The van der Waals surface area contributed by atoms with Crippen molar-refractivity contribution in [3.05, 3.63) is 0 Å². The molecule has 5 nitrogen and oxygen atoms in total. The maximum Gasteiger partial charge on any atom is 0.113 e. The van der Waals surface area contributed by atoms with Crippen LogP contribution in [0.15, 0.2) is 0 Å². The minimum atomic E-state index is -0.657. The molecule has 1 aliphatic rings. The minimum Gasteiger partial charge on any atom is -0.394 e. The molecule has 90 valence electrons. The number of rotatable bonds is 4. The van der Waals surface area contributed by atoms with Crippen LogP contribution in [0.1, 0.15) is 13.8 Å². The maximum atomic E-state index is 10.1. The summed E-state index contributed by atoms with van der Waals surface area (Å²) >= 11 is 0. The lowest BCUT2D eigenvalue weighted by atomic mass is 9.93. The number of methoxy groups -OCH3 is 1. The van der Waals surface area contributed by atoms with E-state index in [0.717, 1.165) is 6.54 Å². The Morgan fingerprint density at radius 1 is 1.47 bits per heavy atom. The molecule has 0 radical (unpaired) electrons. The second-order valence-electron chi connectivity index (χ2n) is 3.84. The maximum absolute atomic E-state index is 10.1. The number of likely N-dealkylation sites (N-methyl/N-ethyl adjacent to an activating group) is 1. The molecule has 0 aromatic heterocycles. The number of hydrogen-bond donors (Lipinski definition) is 3. The fraction of sp³-hybridized carbons (Fsp3) is 1.00. The Kier molecular flexibility index (Phi) is 4.95. The van der Waals surface area contributed by atoms with Gasteiger partial charge in [0, 0.05) is 7.11 Å². The van der Waals surface area contributed by atoms with Crippen molar-refractivity contribution < 1.29 is 19.7 Å². The third kappa shape index (κ3) is 2.68. The van der Waals surface area contributed by atoms with Gasteiger partial charge >= 0.3 is 0 Å². The normalized spacial score (nSPS) is 41.8. The number of aliphatic hydroxyl groups excluding tert-OH is 2. The van der Waals surface area contributed by atoms with Gasteiger partial charge < -0.3 is 25.0 Å². The fourth-order valence-electron chi connectivity index (χ4n) is 2.10. The number of hydrogen-bond acceptors (Lipinski definition) is 5. The van der Waals surface area contributed by atoms with Crippen molar-refractivity contribution in [2.24, 2.45) is 0 Å². The molecule has 0 bridgehead atoms. The molecular formula is C10H21NO4. The molecule has 0 spiro atoms. The molecule has 0 amide bonds. The molecule has 3 N–H and O–H groups in total. The molecule has 5 heteroatoms. The molecule has 0 aromatic rings. The van der Waals surface area contributed by atoms with E-state index in [2.05, 4.69) is 5.32 Å². The molecule has 0 aromatic carbocycles. The minimum absolute atomic E-state index is 0.136. The molecule has 1 saturated heterocycles. The average molecular weight is 219 g/mol. The summed E-state index contributed by atoms with van der Waals surface area (Å²) < 4.78 is 10.7. The lowest BCUT2D eigenvalue weighted by Gasteiger charge is -2.43. The highest BCUT2D eigenvalue weighted by Crippen LogP contribution is 2.22. The standard InChI is InChI=1S/C10H21NO4/c1-4-11-8-6(2)15-7(5-12)10(14-3)9(8)13/h6-13H,4-5H2,1-3H3. The summed E-state index contributed by atoms with van der Waals surface area (Å²) in [4.78, 5) is 0. The zero-order chi connectivity index (χ0) is 11.4. The summed E-state index contributed by atoms with van der Waals surface area (Å²) in [5.74, 6) is 0. The fourth-order valence-corrected chi connectivity index (χ4v) is 2.10. The predicted molar refractivity (Wildman–Crippen MR) is 55.7 cm³/mol. The van der Waals surface area contributed by atoms with Gasteiger partial charge in [0.1, 0.15) is 18.3 Å². The second kappa shape index (κ2) is 5.77. The largest absolute Gasteiger partial charge is 0.394 e. The van der Waals surface area contributed by atoms with E-state index < -0.39 is 18.3 Å². The van der Waals surface area contributed by atoms with Gasteiger partial charge in [-0.15, -0.1) is 0 Å². The first-order valence-electron chi connectivity index (χ1n) is 5.36. The van der Waals surface area contributed by atoms with E-state index >= 15 is 0 Å². The van der Waals surface area contributed by atoms with Gasteiger partial charge in [-0.05, 0) is 13.5 Å². The van der Waals surface area contributed by atoms with Gasteiger partial charge in [0.25, 0.3) is 0 Å². The highest BCUT2D eigenvalue weighted by molar-refractivity contribution is 4.95. The Morgan fingerprint density at radius 3 is 2.60 bits per heavy atom. The van der Waals surface area contributed by atoms with Crippen molar-refractivity contribution in [1.29, 1.82) is 0 Å². The Labute approximate surface area is 90.4 Å². The van der Waals surface area contributed by atoms with Gasteiger partial charge in [-0.2, -0.15) is 0 Å². The Bertz CT molecular complexity index is 188. The summed E-state index contributed by atoms with van der Waals surface area (Å²) in [6, 6.07) is -0.150. The van der Waals surface area contributed by atoms with Crippen LogP contribution < -0.4 is 5.32 Å². The van der Waals surface area contributed by atoms with Gasteiger partial charge in [0.15, 0.2) is 0 Å². The van der Waals surface area contributed by atoms with Gasteiger partial charge in [0.2, 0.25) is 0 Å². The van der Waals surface area contributed by atoms with Crippen LogP contribution >= 0.6 is 0 Å². The first-order chi connectivity index (χ1) is 7.15. The average Bonchev–Trinajstić information content (AvgIpc) is 2.23. The van der Waals surface area contributed by atoms with E-state index in [1.807, 2.05) is 13.8 Å². The van der Waals surface area contributed by atoms with E-state index in [1.54, 1.807) is 0 Å². The van der Waals surface area contributed by atoms with Crippen molar-refractivity contribution in [2.45, 2.75) is 44.3 Å². The number of ether oxygens (including phenoxy) is 2. The highest BCUT2D eigenvalue weighted by Gasteiger charge is 2.42. The van der Waals surface area contributed by atoms with E-state index in [0.29, 0.717) is 0 Å². The van der Waals surface area contributed by atoms with Crippen molar-refractivity contribution in [3.8, 4) is 0 Å². The van der Waals surface area contributed by atoms with Crippen LogP contribution in [-0.2, 0) is 9.47 Å². The first kappa shape index (κ1) is 12.9. The van der Waals surface area contributed by atoms with Crippen molar-refractivity contribution >= 4 is 0 Å². The molecule has 15 heavy (non-hydrogen) atoms. The third-order valence-corrected chi connectivity index (χ3v) is 2.86. The second-order valence-corrected chi connectivity index (χ2v) is 3.84. The molecule has 1 heterocycles. The number of aliphatic hydroxyl groups is 2. The van der Waals surface area contributed by atoms with Crippen molar-refractivity contribution in [3.63, 3.8) is 0 Å². The smallest absolute Gasteiger partial charge is 0.113 e. The van der Waals surface area contributed by atoms with Gasteiger partial charge in [-0.3, -0.25) is 0 Å². The monoisotopic (exact) mass is 219 g/mol. The SMILES string of the molecule is CCNC1C(C)OC(CO)C(OC)C1O. The predicted octanol–water partition coefficient (Wildman–Crippen LogP) is -0.880. The molecule has 0 aliphatic carbocycles. The molecule has 0 saturated carbocycles. The lowest BCUT2D eigenvalue weighted by Crippen LogP contribution is -2.62. The van der Waals surface area contributed by atoms with Crippen LogP contribution in [0.3, 0.4) is 0 Å². The zero-order valence-electron chi connectivity index (χ0n) is 9.51.